The number of nitrogens with one attached hydrogen (secondary N) is 1. The maximum absolute atomic E-state index is 12.9. The first-order valence-corrected chi connectivity index (χ1v) is 12.0. The third kappa shape index (κ3) is 4.53. The fourth-order valence-corrected chi connectivity index (χ4v) is 5.53. The van der Waals surface area contributed by atoms with Crippen molar-refractivity contribution in [1.29, 1.82) is 0 Å². The van der Waals surface area contributed by atoms with Crippen LogP contribution in [0.5, 0.6) is 0 Å². The minimum absolute atomic E-state index is 0.0423. The highest BCUT2D eigenvalue weighted by atomic mass is 32.2. The van der Waals surface area contributed by atoms with Crippen molar-refractivity contribution >= 4 is 32.3 Å². The van der Waals surface area contributed by atoms with E-state index in [9.17, 15) is 8.42 Å². The molecule has 1 saturated heterocycles. The van der Waals surface area contributed by atoms with Crippen LogP contribution >= 0.6 is 11.3 Å². The summed E-state index contributed by atoms with van der Waals surface area (Å²) < 4.78 is 34.7. The van der Waals surface area contributed by atoms with Gasteiger partial charge in [0.2, 0.25) is 0 Å². The first-order chi connectivity index (χ1) is 14.5. The van der Waals surface area contributed by atoms with E-state index in [1.165, 1.54) is 21.7 Å². The molecule has 1 unspecified atom stereocenters. The van der Waals surface area contributed by atoms with E-state index in [1.807, 2.05) is 24.4 Å². The predicted molar refractivity (Wildman–Crippen MR) is 114 cm³/mol. The van der Waals surface area contributed by atoms with Crippen LogP contribution in [0.25, 0.3) is 0 Å². The number of hydrogen-bond acceptors (Lipinski definition) is 8. The summed E-state index contributed by atoms with van der Waals surface area (Å²) in [6.45, 7) is 2.90. The lowest BCUT2D eigenvalue weighted by molar-refractivity contribution is -0.00492. The van der Waals surface area contributed by atoms with Gasteiger partial charge in [-0.2, -0.15) is 4.31 Å². The van der Waals surface area contributed by atoms with Crippen molar-refractivity contribution in [3.63, 3.8) is 0 Å². The number of ether oxygens (including phenoxy) is 1. The van der Waals surface area contributed by atoms with Gasteiger partial charge < -0.3 is 14.6 Å². The monoisotopic (exact) mass is 448 g/mol. The van der Waals surface area contributed by atoms with Crippen molar-refractivity contribution in [3.8, 4) is 0 Å². The average molecular weight is 449 g/mol. The molecule has 0 saturated carbocycles. The molecule has 160 valence electrons. The Labute approximate surface area is 179 Å². The van der Waals surface area contributed by atoms with Crippen LogP contribution in [0.3, 0.4) is 0 Å². The number of pyridine rings is 1. The van der Waals surface area contributed by atoms with Crippen LogP contribution in [0, 0.1) is 0 Å². The summed E-state index contributed by atoms with van der Waals surface area (Å²) in [5.41, 5.74) is 0.672. The molecular weight excluding hydrogens is 424 g/mol. The van der Waals surface area contributed by atoms with Crippen molar-refractivity contribution < 1.29 is 13.2 Å². The molecule has 9 nitrogen and oxygen atoms in total. The zero-order chi connectivity index (χ0) is 21.1. The van der Waals surface area contributed by atoms with Crippen LogP contribution in [0.1, 0.15) is 30.0 Å². The molecule has 1 fully saturated rings. The average Bonchev–Trinajstić information content (AvgIpc) is 3.38. The van der Waals surface area contributed by atoms with Crippen LogP contribution in [0.4, 0.5) is 10.9 Å². The number of rotatable bonds is 7. The Kier molecular flexibility index (Phi) is 6.14. The topological polar surface area (TPSA) is 102 Å². The van der Waals surface area contributed by atoms with E-state index in [1.54, 1.807) is 23.0 Å². The summed E-state index contributed by atoms with van der Waals surface area (Å²) in [5, 5.41) is 4.05. The summed E-state index contributed by atoms with van der Waals surface area (Å²) >= 11 is 1.61. The number of sulfonamides is 1. The van der Waals surface area contributed by atoms with Crippen LogP contribution < -0.4 is 5.32 Å². The number of anilines is 2. The molecule has 0 bridgehead atoms. The smallest absolute Gasteiger partial charge is 0.262 e. The molecule has 4 rings (SSSR count). The second-order valence-corrected chi connectivity index (χ2v) is 10.1. The van der Waals surface area contributed by atoms with E-state index >= 15 is 0 Å². The van der Waals surface area contributed by atoms with Gasteiger partial charge in [-0.15, -0.1) is 11.3 Å². The molecule has 1 atom stereocenters. The van der Waals surface area contributed by atoms with Gasteiger partial charge in [0.05, 0.1) is 18.6 Å². The van der Waals surface area contributed by atoms with E-state index < -0.39 is 16.1 Å². The SMILES string of the molecule is CCCc1cnc(Nc2cccc(C3CN(S(=O)(=O)c4cn(C)cn4)CCO3)n2)s1. The van der Waals surface area contributed by atoms with Gasteiger partial charge in [0.15, 0.2) is 10.2 Å². The van der Waals surface area contributed by atoms with Gasteiger partial charge >= 0.3 is 0 Å². The molecule has 30 heavy (non-hydrogen) atoms. The Hall–Kier alpha value is -2.34. The first kappa shape index (κ1) is 20.9. The standard InChI is InChI=1S/C19H24N6O3S2/c1-3-5-14-10-20-19(29-14)23-17-7-4-6-15(22-17)16-11-25(8-9-28-16)30(26,27)18-12-24(2)13-21-18/h4,6-7,10,12-13,16H,3,5,8-9,11H2,1-2H3,(H,20,22,23). The van der Waals surface area contributed by atoms with Crippen molar-refractivity contribution in [3.05, 3.63) is 47.5 Å². The predicted octanol–water partition coefficient (Wildman–Crippen LogP) is 2.73. The van der Waals surface area contributed by atoms with Crippen molar-refractivity contribution in [2.24, 2.45) is 7.05 Å². The highest BCUT2D eigenvalue weighted by Crippen LogP contribution is 2.27. The van der Waals surface area contributed by atoms with E-state index in [0.717, 1.165) is 18.0 Å². The molecule has 1 N–H and O–H groups in total. The second kappa shape index (κ2) is 8.80. The summed E-state index contributed by atoms with van der Waals surface area (Å²) in [4.78, 5) is 14.2. The van der Waals surface area contributed by atoms with E-state index in [0.29, 0.717) is 18.1 Å². The lowest BCUT2D eigenvalue weighted by Crippen LogP contribution is -2.42. The molecule has 1 aliphatic heterocycles. The van der Waals surface area contributed by atoms with Gasteiger partial charge in [0.25, 0.3) is 10.0 Å². The molecule has 0 spiro atoms. The molecule has 0 amide bonds. The van der Waals surface area contributed by atoms with Gasteiger partial charge in [-0.3, -0.25) is 0 Å². The Balaban J connectivity index is 1.49. The molecule has 3 aromatic heterocycles. The normalized spacial score (nSPS) is 17.9. The maximum atomic E-state index is 12.9. The lowest BCUT2D eigenvalue weighted by atomic mass is 10.2. The molecule has 4 heterocycles. The fourth-order valence-electron chi connectivity index (χ4n) is 3.21. The van der Waals surface area contributed by atoms with Gasteiger partial charge in [0, 0.05) is 37.4 Å². The van der Waals surface area contributed by atoms with Gasteiger partial charge in [-0.25, -0.2) is 23.4 Å². The van der Waals surface area contributed by atoms with Crippen molar-refractivity contribution in [2.45, 2.75) is 30.9 Å². The van der Waals surface area contributed by atoms with Crippen LogP contribution in [-0.2, 0) is 28.2 Å². The zero-order valence-corrected chi connectivity index (χ0v) is 18.5. The van der Waals surface area contributed by atoms with Gasteiger partial charge in [0.1, 0.15) is 11.9 Å². The van der Waals surface area contributed by atoms with Crippen molar-refractivity contribution in [1.82, 2.24) is 23.8 Å². The fraction of sp³-hybridized carbons (Fsp3) is 0.421. The molecular formula is C19H24N6O3S2. The minimum atomic E-state index is -3.67. The molecule has 0 aliphatic carbocycles. The maximum Gasteiger partial charge on any atom is 0.262 e. The molecule has 11 heteroatoms. The third-order valence-electron chi connectivity index (χ3n) is 4.70. The molecule has 0 radical (unpaired) electrons. The summed E-state index contributed by atoms with van der Waals surface area (Å²) in [7, 11) is -1.93. The first-order valence-electron chi connectivity index (χ1n) is 9.74. The second-order valence-electron chi connectivity index (χ2n) is 7.05. The zero-order valence-electron chi connectivity index (χ0n) is 16.9. The van der Waals surface area contributed by atoms with E-state index in [4.69, 9.17) is 4.74 Å². The van der Waals surface area contributed by atoms with Crippen LogP contribution in [0.2, 0.25) is 0 Å². The van der Waals surface area contributed by atoms with Gasteiger partial charge in [-0.1, -0.05) is 19.4 Å². The number of aromatic nitrogens is 4. The number of morpholine rings is 1. The van der Waals surface area contributed by atoms with Gasteiger partial charge in [-0.05, 0) is 18.6 Å². The largest absolute Gasteiger partial charge is 0.369 e. The van der Waals surface area contributed by atoms with Crippen LogP contribution in [-0.4, -0.2) is 51.9 Å². The Morgan fingerprint density at radius 2 is 2.20 bits per heavy atom. The van der Waals surface area contributed by atoms with Crippen LogP contribution in [0.15, 0.2) is 41.9 Å². The van der Waals surface area contributed by atoms with Crippen molar-refractivity contribution in [2.75, 3.05) is 25.0 Å². The Morgan fingerprint density at radius 1 is 1.33 bits per heavy atom. The molecule has 0 aromatic carbocycles. The summed E-state index contributed by atoms with van der Waals surface area (Å²) in [5.74, 6) is 0.651. The number of hydrogen-bond donors (Lipinski definition) is 1. The van der Waals surface area contributed by atoms with E-state index in [2.05, 4.69) is 27.2 Å². The summed E-state index contributed by atoms with van der Waals surface area (Å²) in [6.07, 6.45) is 6.49. The number of nitrogens with zero attached hydrogens (tertiary/aromatic N) is 5. The molecule has 1 aliphatic rings. The third-order valence-corrected chi connectivity index (χ3v) is 7.42. The number of aryl methyl sites for hydroxylation is 2. The minimum Gasteiger partial charge on any atom is -0.369 e. The Bertz CT molecular complexity index is 1110. The molecule has 3 aromatic rings. The number of thiazole rings is 1. The number of imidazole rings is 1. The van der Waals surface area contributed by atoms with E-state index in [-0.39, 0.29) is 18.1 Å². The summed E-state index contributed by atoms with van der Waals surface area (Å²) in [6, 6.07) is 5.58. The highest BCUT2D eigenvalue weighted by Gasteiger charge is 2.33. The highest BCUT2D eigenvalue weighted by molar-refractivity contribution is 7.89. The lowest BCUT2D eigenvalue weighted by Gasteiger charge is -2.31. The quantitative estimate of drug-likeness (QED) is 0.593. The Morgan fingerprint density at radius 3 is 2.97 bits per heavy atom.